The Hall–Kier alpha value is -1.39. The van der Waals surface area contributed by atoms with Gasteiger partial charge in [0.15, 0.2) is 0 Å². The van der Waals surface area contributed by atoms with Gasteiger partial charge in [-0.2, -0.15) is 0 Å². The Bertz CT molecular complexity index is 558. The number of rotatable bonds is 5. The van der Waals surface area contributed by atoms with Crippen molar-refractivity contribution in [3.05, 3.63) is 35.9 Å². The van der Waals surface area contributed by atoms with Gasteiger partial charge in [0, 0.05) is 31.7 Å². The van der Waals surface area contributed by atoms with E-state index in [1.165, 1.54) is 0 Å². The molecule has 0 aromatic heterocycles. The molecule has 1 aromatic carbocycles. The summed E-state index contributed by atoms with van der Waals surface area (Å²) < 4.78 is 5.66. The van der Waals surface area contributed by atoms with Gasteiger partial charge in [0.2, 0.25) is 5.91 Å². The fraction of sp³-hybridized carbons (Fsp3) is 0.632. The van der Waals surface area contributed by atoms with Gasteiger partial charge < -0.3 is 15.4 Å². The van der Waals surface area contributed by atoms with Crippen LogP contribution < -0.4 is 5.73 Å². The molecule has 128 valence electrons. The predicted octanol–water partition coefficient (Wildman–Crippen LogP) is 2.98. The second-order valence-corrected chi connectivity index (χ2v) is 7.55. The van der Waals surface area contributed by atoms with Crippen molar-refractivity contribution >= 4 is 5.91 Å². The van der Waals surface area contributed by atoms with Gasteiger partial charge in [0.25, 0.3) is 0 Å². The van der Waals surface area contributed by atoms with Crippen molar-refractivity contribution in [2.75, 3.05) is 14.2 Å². The second kappa shape index (κ2) is 6.25. The number of methoxy groups -OCH3 is 1. The van der Waals surface area contributed by atoms with Crippen molar-refractivity contribution in [1.82, 2.24) is 4.90 Å². The number of carbonyl (C=O) groups is 1. The molecular weight excluding hydrogens is 288 g/mol. The van der Waals surface area contributed by atoms with Crippen LogP contribution in [0.15, 0.2) is 30.3 Å². The molecule has 0 saturated heterocycles. The van der Waals surface area contributed by atoms with Crippen LogP contribution in [0.3, 0.4) is 0 Å². The number of carbonyl (C=O) groups excluding carboxylic acids is 1. The molecule has 0 heterocycles. The molecule has 1 aliphatic rings. The van der Waals surface area contributed by atoms with Gasteiger partial charge in [-0.25, -0.2) is 0 Å². The average Bonchev–Trinajstić information content (AvgIpc) is 2.57. The fourth-order valence-electron chi connectivity index (χ4n) is 3.67. The Morgan fingerprint density at radius 3 is 2.35 bits per heavy atom. The third-order valence-electron chi connectivity index (χ3n) is 6.16. The smallest absolute Gasteiger partial charge is 0.227 e. The van der Waals surface area contributed by atoms with E-state index in [1.807, 2.05) is 49.2 Å². The van der Waals surface area contributed by atoms with Crippen molar-refractivity contribution < 1.29 is 9.53 Å². The van der Waals surface area contributed by atoms with Gasteiger partial charge in [-0.1, -0.05) is 51.1 Å². The molecule has 1 amide bonds. The first-order valence-corrected chi connectivity index (χ1v) is 8.28. The number of amides is 1. The van der Waals surface area contributed by atoms with Crippen LogP contribution in [-0.2, 0) is 9.53 Å². The number of benzene rings is 1. The predicted molar refractivity (Wildman–Crippen MR) is 92.9 cm³/mol. The first kappa shape index (κ1) is 18.0. The number of hydrogen-bond donors (Lipinski definition) is 1. The second-order valence-electron chi connectivity index (χ2n) is 7.55. The maximum Gasteiger partial charge on any atom is 0.227 e. The number of ether oxygens (including phenoxy) is 1. The molecule has 4 unspecified atom stereocenters. The van der Waals surface area contributed by atoms with Crippen molar-refractivity contribution in [2.24, 2.45) is 17.1 Å². The van der Waals surface area contributed by atoms with E-state index in [0.29, 0.717) is 0 Å². The van der Waals surface area contributed by atoms with Crippen LogP contribution in [0.25, 0.3) is 0 Å². The highest BCUT2D eigenvalue weighted by molar-refractivity contribution is 5.79. The highest BCUT2D eigenvalue weighted by Crippen LogP contribution is 2.53. The third kappa shape index (κ3) is 2.90. The third-order valence-corrected chi connectivity index (χ3v) is 6.16. The Kier molecular flexibility index (Phi) is 4.88. The van der Waals surface area contributed by atoms with Gasteiger partial charge in [-0.15, -0.1) is 0 Å². The normalized spacial score (nSPS) is 28.6. The molecule has 0 spiro atoms. The minimum Gasteiger partial charge on any atom is -0.378 e. The maximum absolute atomic E-state index is 12.9. The van der Waals surface area contributed by atoms with E-state index in [2.05, 4.69) is 20.8 Å². The van der Waals surface area contributed by atoms with Gasteiger partial charge in [-0.3, -0.25) is 4.79 Å². The lowest BCUT2D eigenvalue weighted by Crippen LogP contribution is -2.69. The van der Waals surface area contributed by atoms with Crippen LogP contribution in [0.1, 0.15) is 45.7 Å². The summed E-state index contributed by atoms with van der Waals surface area (Å²) in [5.41, 5.74) is 7.04. The monoisotopic (exact) mass is 318 g/mol. The first-order chi connectivity index (χ1) is 10.7. The molecule has 0 radical (unpaired) electrons. The quantitative estimate of drug-likeness (QED) is 0.908. The van der Waals surface area contributed by atoms with Crippen molar-refractivity contribution in [3.8, 4) is 0 Å². The molecule has 2 rings (SSSR count). The molecule has 1 aromatic rings. The lowest BCUT2D eigenvalue weighted by atomic mass is 9.55. The molecule has 1 aliphatic carbocycles. The van der Waals surface area contributed by atoms with Crippen molar-refractivity contribution in [1.29, 1.82) is 0 Å². The summed E-state index contributed by atoms with van der Waals surface area (Å²) in [4.78, 5) is 14.8. The summed E-state index contributed by atoms with van der Waals surface area (Å²) in [5, 5.41) is 0. The van der Waals surface area contributed by atoms with Crippen LogP contribution in [0.4, 0.5) is 0 Å². The molecule has 4 heteroatoms. The summed E-state index contributed by atoms with van der Waals surface area (Å²) >= 11 is 0. The van der Waals surface area contributed by atoms with Crippen molar-refractivity contribution in [2.45, 2.75) is 51.8 Å². The Morgan fingerprint density at radius 2 is 1.87 bits per heavy atom. The van der Waals surface area contributed by atoms with E-state index in [9.17, 15) is 4.79 Å². The SMILES string of the molecule is COC1(C)CC(N(C)C(=O)C(C)C(N)c2ccccc2)C1(C)C. The Morgan fingerprint density at radius 1 is 1.30 bits per heavy atom. The first-order valence-electron chi connectivity index (χ1n) is 8.28. The number of nitrogens with zero attached hydrogens (tertiary/aromatic N) is 1. The van der Waals surface area contributed by atoms with Crippen LogP contribution in [0, 0.1) is 11.3 Å². The summed E-state index contributed by atoms with van der Waals surface area (Å²) in [6.07, 6.45) is 0.853. The average molecular weight is 318 g/mol. The van der Waals surface area contributed by atoms with Crippen molar-refractivity contribution in [3.63, 3.8) is 0 Å². The van der Waals surface area contributed by atoms with E-state index >= 15 is 0 Å². The van der Waals surface area contributed by atoms with Crippen LogP contribution in [-0.4, -0.2) is 36.6 Å². The minimum atomic E-state index is -0.289. The topological polar surface area (TPSA) is 55.6 Å². The molecule has 2 N–H and O–H groups in total. The summed E-state index contributed by atoms with van der Waals surface area (Å²) in [6, 6.07) is 9.70. The highest BCUT2D eigenvalue weighted by atomic mass is 16.5. The highest BCUT2D eigenvalue weighted by Gasteiger charge is 2.60. The molecule has 0 aliphatic heterocycles. The molecule has 0 bridgehead atoms. The lowest BCUT2D eigenvalue weighted by molar-refractivity contribution is -0.208. The number of hydrogen-bond acceptors (Lipinski definition) is 3. The van der Waals surface area contributed by atoms with Gasteiger partial charge in [0.05, 0.1) is 11.5 Å². The van der Waals surface area contributed by atoms with Crippen LogP contribution in [0.5, 0.6) is 0 Å². The molecule has 4 nitrogen and oxygen atoms in total. The van der Waals surface area contributed by atoms with Crippen LogP contribution >= 0.6 is 0 Å². The van der Waals surface area contributed by atoms with Gasteiger partial charge in [0.1, 0.15) is 0 Å². The molecule has 4 atom stereocenters. The van der Waals surface area contributed by atoms with E-state index < -0.39 is 0 Å². The van der Waals surface area contributed by atoms with Crippen LogP contribution in [0.2, 0.25) is 0 Å². The van der Waals surface area contributed by atoms with E-state index in [1.54, 1.807) is 7.11 Å². The molecule has 1 fully saturated rings. The number of nitrogens with two attached hydrogens (primary N) is 1. The largest absolute Gasteiger partial charge is 0.378 e. The van der Waals surface area contributed by atoms with E-state index in [0.717, 1.165) is 12.0 Å². The molecule has 1 saturated carbocycles. The fourth-order valence-corrected chi connectivity index (χ4v) is 3.67. The zero-order valence-electron chi connectivity index (χ0n) is 15.2. The summed E-state index contributed by atoms with van der Waals surface area (Å²) in [6.45, 7) is 8.35. The molecule has 23 heavy (non-hydrogen) atoms. The summed E-state index contributed by atoms with van der Waals surface area (Å²) in [7, 11) is 3.63. The van der Waals surface area contributed by atoms with E-state index in [4.69, 9.17) is 10.5 Å². The minimum absolute atomic E-state index is 0.0806. The Labute approximate surface area is 140 Å². The Balaban J connectivity index is 2.09. The van der Waals surface area contributed by atoms with Gasteiger partial charge in [-0.05, 0) is 18.9 Å². The zero-order valence-corrected chi connectivity index (χ0v) is 15.2. The maximum atomic E-state index is 12.9. The summed E-state index contributed by atoms with van der Waals surface area (Å²) in [5.74, 6) is -0.162. The molecular formula is C19H30N2O2. The standard InChI is InChI=1S/C19H30N2O2/c1-13(16(20)14-10-8-7-9-11-14)17(22)21(5)15-12-19(4,23-6)18(15,2)3/h7-11,13,15-16H,12,20H2,1-6H3. The van der Waals surface area contributed by atoms with Gasteiger partial charge >= 0.3 is 0 Å². The van der Waals surface area contributed by atoms with E-state index in [-0.39, 0.29) is 34.9 Å². The zero-order chi connectivity index (χ0) is 17.4. The lowest BCUT2D eigenvalue weighted by Gasteiger charge is -2.61.